The number of pyridine rings is 1. The van der Waals surface area contributed by atoms with Crippen LogP contribution in [-0.4, -0.2) is 60.3 Å². The third-order valence-electron chi connectivity index (χ3n) is 5.85. The van der Waals surface area contributed by atoms with E-state index in [1.807, 2.05) is 37.5 Å². The van der Waals surface area contributed by atoms with Gasteiger partial charge in [0.1, 0.15) is 11.9 Å². The average Bonchev–Trinajstić information content (AvgIpc) is 3.29. The molecule has 0 atom stereocenters. The van der Waals surface area contributed by atoms with Gasteiger partial charge < -0.3 is 25.0 Å². The molecule has 0 unspecified atom stereocenters. The number of aromatic nitrogens is 1. The predicted octanol–water partition coefficient (Wildman–Crippen LogP) is 3.62. The van der Waals surface area contributed by atoms with Crippen molar-refractivity contribution in [2.24, 2.45) is 4.99 Å². The van der Waals surface area contributed by atoms with Crippen LogP contribution in [0.25, 0.3) is 0 Å². The zero-order valence-electron chi connectivity index (χ0n) is 18.0. The summed E-state index contributed by atoms with van der Waals surface area (Å²) < 4.78 is 5.94. The van der Waals surface area contributed by atoms with E-state index in [0.29, 0.717) is 18.4 Å². The molecule has 2 fully saturated rings. The molecule has 0 spiro atoms. The maximum Gasteiger partial charge on any atom is 0.213 e. The van der Waals surface area contributed by atoms with E-state index in [0.717, 1.165) is 62.1 Å². The number of benzene rings is 1. The zero-order valence-corrected chi connectivity index (χ0v) is 20.4. The zero-order chi connectivity index (χ0) is 20.8. The highest BCUT2D eigenvalue weighted by Crippen LogP contribution is 2.27. The normalized spacial score (nSPS) is 17.4. The van der Waals surface area contributed by atoms with Crippen molar-refractivity contribution in [1.82, 2.24) is 15.2 Å². The van der Waals surface area contributed by atoms with Gasteiger partial charge in [0.05, 0.1) is 5.69 Å². The van der Waals surface area contributed by atoms with Gasteiger partial charge in [-0.2, -0.15) is 0 Å². The van der Waals surface area contributed by atoms with E-state index in [1.165, 1.54) is 12.8 Å². The predicted molar refractivity (Wildman–Crippen MR) is 135 cm³/mol. The Kier molecular flexibility index (Phi) is 8.62. The molecule has 0 amide bonds. The highest BCUT2D eigenvalue weighted by molar-refractivity contribution is 14.0. The smallest absolute Gasteiger partial charge is 0.213 e. The van der Waals surface area contributed by atoms with Gasteiger partial charge in [-0.25, -0.2) is 4.98 Å². The minimum Gasteiger partial charge on any atom is -0.506 e. The first-order valence-corrected chi connectivity index (χ1v) is 10.8. The number of phenols is 1. The van der Waals surface area contributed by atoms with Crippen LogP contribution >= 0.6 is 24.0 Å². The third kappa shape index (κ3) is 6.15. The van der Waals surface area contributed by atoms with E-state index >= 15 is 0 Å². The summed E-state index contributed by atoms with van der Waals surface area (Å²) in [6.45, 7) is 4.05. The van der Waals surface area contributed by atoms with Crippen LogP contribution in [0.4, 0.5) is 5.69 Å². The molecule has 0 bridgehead atoms. The Morgan fingerprint density at radius 2 is 1.87 bits per heavy atom. The Labute approximate surface area is 201 Å². The Morgan fingerprint density at radius 1 is 1.13 bits per heavy atom. The summed E-state index contributed by atoms with van der Waals surface area (Å²) in [6.07, 6.45) is 6.99. The van der Waals surface area contributed by atoms with Crippen LogP contribution in [0, 0.1) is 0 Å². The Balaban J connectivity index is 0.00000272. The molecule has 1 aromatic heterocycles. The molecule has 1 aliphatic heterocycles. The summed E-state index contributed by atoms with van der Waals surface area (Å²) in [5.74, 6) is 1.94. The van der Waals surface area contributed by atoms with Gasteiger partial charge in [-0.05, 0) is 43.4 Å². The SMILES string of the molecule is CN=C(NCc1ccc(OC2CCCC2)nc1)N1CCN(c2ccccc2O)CC1.I. The molecule has 1 aliphatic carbocycles. The van der Waals surface area contributed by atoms with E-state index in [9.17, 15) is 5.11 Å². The van der Waals surface area contributed by atoms with Gasteiger partial charge in [-0.1, -0.05) is 18.2 Å². The van der Waals surface area contributed by atoms with Gasteiger partial charge in [0.15, 0.2) is 5.96 Å². The fourth-order valence-electron chi connectivity index (χ4n) is 4.17. The molecule has 4 rings (SSSR count). The van der Waals surface area contributed by atoms with Gasteiger partial charge in [0.2, 0.25) is 5.88 Å². The van der Waals surface area contributed by atoms with Crippen molar-refractivity contribution in [3.05, 3.63) is 48.2 Å². The summed E-state index contributed by atoms with van der Waals surface area (Å²) in [4.78, 5) is 13.4. The summed E-state index contributed by atoms with van der Waals surface area (Å²) in [6, 6.07) is 11.5. The van der Waals surface area contributed by atoms with Crippen LogP contribution in [-0.2, 0) is 6.54 Å². The Hall–Kier alpha value is -2.23. The van der Waals surface area contributed by atoms with Crippen molar-refractivity contribution in [2.75, 3.05) is 38.1 Å². The molecule has 1 aromatic carbocycles. The first-order chi connectivity index (χ1) is 14.7. The number of hydrogen-bond donors (Lipinski definition) is 2. The van der Waals surface area contributed by atoms with Crippen molar-refractivity contribution >= 4 is 35.6 Å². The lowest BCUT2D eigenvalue weighted by Gasteiger charge is -2.37. The van der Waals surface area contributed by atoms with Gasteiger partial charge in [-0.3, -0.25) is 4.99 Å². The molecule has 7 nitrogen and oxygen atoms in total. The third-order valence-corrected chi connectivity index (χ3v) is 5.85. The van der Waals surface area contributed by atoms with Crippen LogP contribution in [0.1, 0.15) is 31.2 Å². The number of aliphatic imine (C=N–C) groups is 1. The molecule has 0 radical (unpaired) electrons. The van der Waals surface area contributed by atoms with Crippen LogP contribution in [0.15, 0.2) is 47.6 Å². The lowest BCUT2D eigenvalue weighted by Crippen LogP contribution is -2.52. The number of halogens is 1. The summed E-state index contributed by atoms with van der Waals surface area (Å²) >= 11 is 0. The molecule has 2 heterocycles. The number of phenolic OH excluding ortho intramolecular Hbond substituents is 1. The van der Waals surface area contributed by atoms with E-state index in [1.54, 1.807) is 6.07 Å². The molecule has 168 valence electrons. The lowest BCUT2D eigenvalue weighted by atomic mass is 10.2. The maximum atomic E-state index is 10.1. The van der Waals surface area contributed by atoms with Crippen LogP contribution in [0.2, 0.25) is 0 Å². The fourth-order valence-corrected chi connectivity index (χ4v) is 4.17. The number of guanidine groups is 1. The van der Waals surface area contributed by atoms with Gasteiger partial charge >= 0.3 is 0 Å². The van der Waals surface area contributed by atoms with Crippen LogP contribution < -0.4 is 15.0 Å². The number of piperazine rings is 1. The molecule has 2 N–H and O–H groups in total. The molecule has 1 saturated heterocycles. The second-order valence-electron chi connectivity index (χ2n) is 7.89. The van der Waals surface area contributed by atoms with Crippen molar-refractivity contribution in [2.45, 2.75) is 38.3 Å². The van der Waals surface area contributed by atoms with Gasteiger partial charge in [0, 0.05) is 52.0 Å². The molecule has 1 saturated carbocycles. The number of para-hydroxylation sites is 2. The number of nitrogens with one attached hydrogen (secondary N) is 1. The maximum absolute atomic E-state index is 10.1. The fraction of sp³-hybridized carbons (Fsp3) is 0.478. The lowest BCUT2D eigenvalue weighted by molar-refractivity contribution is 0.201. The van der Waals surface area contributed by atoms with E-state index < -0.39 is 0 Å². The Bertz CT molecular complexity index is 847. The second-order valence-corrected chi connectivity index (χ2v) is 7.89. The number of ether oxygens (including phenoxy) is 1. The minimum atomic E-state index is 0. The number of anilines is 1. The first-order valence-electron chi connectivity index (χ1n) is 10.8. The van der Waals surface area contributed by atoms with Gasteiger partial charge in [-0.15, -0.1) is 24.0 Å². The number of aromatic hydroxyl groups is 1. The van der Waals surface area contributed by atoms with E-state index in [-0.39, 0.29) is 24.0 Å². The monoisotopic (exact) mass is 537 g/mol. The number of hydrogen-bond acceptors (Lipinski definition) is 5. The topological polar surface area (TPSA) is 73.2 Å². The Morgan fingerprint density at radius 3 is 2.52 bits per heavy atom. The van der Waals surface area contributed by atoms with E-state index in [4.69, 9.17) is 4.74 Å². The standard InChI is InChI=1S/C23H31N5O2.HI/c1-24-23(28-14-12-27(13-15-28)20-8-4-5-9-21(20)29)26-17-18-10-11-22(25-16-18)30-19-6-2-3-7-19;/h4-5,8-11,16,19,29H,2-3,6-7,12-15,17H2,1H3,(H,24,26);1H. The average molecular weight is 537 g/mol. The first kappa shape index (κ1) is 23.4. The summed E-state index contributed by atoms with van der Waals surface area (Å²) in [5, 5.41) is 13.5. The quantitative estimate of drug-likeness (QED) is 0.345. The molecular weight excluding hydrogens is 505 g/mol. The van der Waals surface area contributed by atoms with Crippen molar-refractivity contribution in [1.29, 1.82) is 0 Å². The summed E-state index contributed by atoms with van der Waals surface area (Å²) in [7, 11) is 1.81. The van der Waals surface area contributed by atoms with Crippen molar-refractivity contribution < 1.29 is 9.84 Å². The molecule has 31 heavy (non-hydrogen) atoms. The highest BCUT2D eigenvalue weighted by atomic mass is 127. The van der Waals surface area contributed by atoms with Gasteiger partial charge in [0.25, 0.3) is 0 Å². The van der Waals surface area contributed by atoms with Crippen molar-refractivity contribution in [3.8, 4) is 11.6 Å². The number of rotatable bonds is 5. The van der Waals surface area contributed by atoms with Crippen molar-refractivity contribution in [3.63, 3.8) is 0 Å². The molecule has 8 heteroatoms. The molecule has 2 aromatic rings. The van der Waals surface area contributed by atoms with Crippen LogP contribution in [0.5, 0.6) is 11.6 Å². The second kappa shape index (κ2) is 11.4. The molecular formula is C23H32IN5O2. The van der Waals surface area contributed by atoms with E-state index in [2.05, 4.69) is 31.2 Å². The minimum absolute atomic E-state index is 0. The molecule has 2 aliphatic rings. The largest absolute Gasteiger partial charge is 0.506 e. The number of nitrogens with zero attached hydrogens (tertiary/aromatic N) is 4. The highest BCUT2D eigenvalue weighted by Gasteiger charge is 2.21. The van der Waals surface area contributed by atoms with Crippen LogP contribution in [0.3, 0.4) is 0 Å². The summed E-state index contributed by atoms with van der Waals surface area (Å²) in [5.41, 5.74) is 1.99.